The number of aromatic amines is 1. The molecule has 0 amide bonds. The molecule has 194 valence electrons. The van der Waals surface area contributed by atoms with Gasteiger partial charge in [0.2, 0.25) is 0 Å². The van der Waals surface area contributed by atoms with Gasteiger partial charge in [0.05, 0.1) is 29.6 Å². The predicted molar refractivity (Wildman–Crippen MR) is 153 cm³/mol. The molecule has 3 aromatic carbocycles. The molecule has 2 N–H and O–H groups in total. The van der Waals surface area contributed by atoms with Gasteiger partial charge in [0, 0.05) is 46.2 Å². The summed E-state index contributed by atoms with van der Waals surface area (Å²) in [4.78, 5) is 22.3. The zero-order chi connectivity index (χ0) is 27.0. The van der Waals surface area contributed by atoms with Crippen LogP contribution in [0.2, 0.25) is 0 Å². The summed E-state index contributed by atoms with van der Waals surface area (Å²) >= 11 is 0. The fraction of sp³-hybridized carbons (Fsp3) is 0.226. The number of rotatable bonds is 7. The maximum Gasteiger partial charge on any atom is 0.337 e. The van der Waals surface area contributed by atoms with E-state index in [4.69, 9.17) is 9.73 Å². The van der Waals surface area contributed by atoms with E-state index in [0.29, 0.717) is 28.4 Å². The molecule has 0 bridgehead atoms. The van der Waals surface area contributed by atoms with Crippen LogP contribution in [0.25, 0.3) is 21.8 Å². The van der Waals surface area contributed by atoms with Gasteiger partial charge in [-0.05, 0) is 63.8 Å². The molecule has 7 nitrogen and oxygen atoms in total. The molecule has 0 saturated heterocycles. The molecular weight excluding hydrogens is 476 g/mol. The van der Waals surface area contributed by atoms with E-state index in [-0.39, 0.29) is 5.88 Å². The van der Waals surface area contributed by atoms with E-state index in [0.717, 1.165) is 28.6 Å². The number of esters is 1. The number of ether oxygens (including phenoxy) is 1. The van der Waals surface area contributed by atoms with Crippen molar-refractivity contribution in [3.63, 3.8) is 0 Å². The second-order valence-electron chi connectivity index (χ2n) is 10.0. The van der Waals surface area contributed by atoms with E-state index >= 15 is 0 Å². The first-order chi connectivity index (χ1) is 18.3. The van der Waals surface area contributed by atoms with Crippen molar-refractivity contribution >= 4 is 39.2 Å². The minimum Gasteiger partial charge on any atom is -0.494 e. The van der Waals surface area contributed by atoms with E-state index in [1.807, 2.05) is 42.5 Å². The third-order valence-electron chi connectivity index (χ3n) is 6.67. The van der Waals surface area contributed by atoms with E-state index < -0.39 is 5.97 Å². The van der Waals surface area contributed by atoms with Crippen LogP contribution < -0.4 is 0 Å². The number of hydrogen-bond acceptors (Lipinski definition) is 5. The molecule has 0 atom stereocenters. The smallest absolute Gasteiger partial charge is 0.337 e. The highest BCUT2D eigenvalue weighted by Crippen LogP contribution is 2.34. The van der Waals surface area contributed by atoms with E-state index in [2.05, 4.69) is 60.7 Å². The Balaban J connectivity index is 1.71. The molecular formula is C31H32N4O3. The second kappa shape index (κ2) is 10.2. The standard InChI is InChI=1S/C31H32N4O3/c1-19(2)35-18-22(17-34(3)4)25-16-23(12-14-27(25)35)32-29(20-9-7-6-8-10-20)28-24-13-11-21(31(37)38-5)15-26(24)33-30(28)36/h6-16,18-19,33,36H,17H2,1-5H3. The van der Waals surface area contributed by atoms with Crippen molar-refractivity contribution in [1.29, 1.82) is 0 Å². The molecule has 0 aliphatic heterocycles. The van der Waals surface area contributed by atoms with Crippen LogP contribution in [-0.4, -0.2) is 52.4 Å². The predicted octanol–water partition coefficient (Wildman–Crippen LogP) is 6.43. The lowest BCUT2D eigenvalue weighted by Gasteiger charge is -2.10. The van der Waals surface area contributed by atoms with Gasteiger partial charge in [-0.15, -0.1) is 0 Å². The molecule has 2 aromatic heterocycles. The van der Waals surface area contributed by atoms with Crippen LogP contribution in [0.4, 0.5) is 5.69 Å². The molecule has 38 heavy (non-hydrogen) atoms. The molecule has 0 saturated carbocycles. The highest BCUT2D eigenvalue weighted by atomic mass is 16.5. The Kier molecular flexibility index (Phi) is 6.78. The SMILES string of the molecule is COC(=O)c1ccc2c(C(=Nc3ccc4c(c3)c(CN(C)C)cn4C(C)C)c3ccccc3)c(O)[nH]c2c1. The van der Waals surface area contributed by atoms with Gasteiger partial charge >= 0.3 is 5.97 Å². The molecule has 2 heterocycles. The lowest BCUT2D eigenvalue weighted by molar-refractivity contribution is 0.0601. The lowest BCUT2D eigenvalue weighted by atomic mass is 10.00. The van der Waals surface area contributed by atoms with Crippen molar-refractivity contribution in [2.75, 3.05) is 21.2 Å². The van der Waals surface area contributed by atoms with Crippen LogP contribution in [0, 0.1) is 0 Å². The molecule has 0 aliphatic rings. The molecule has 5 rings (SSSR count). The molecule has 0 unspecified atom stereocenters. The normalized spacial score (nSPS) is 12.2. The number of nitrogens with one attached hydrogen (secondary N) is 1. The first-order valence-corrected chi connectivity index (χ1v) is 12.6. The van der Waals surface area contributed by atoms with Crippen molar-refractivity contribution in [2.45, 2.75) is 26.4 Å². The quantitative estimate of drug-likeness (QED) is 0.196. The molecule has 7 heteroatoms. The Bertz CT molecular complexity index is 1660. The zero-order valence-electron chi connectivity index (χ0n) is 22.3. The van der Waals surface area contributed by atoms with Crippen LogP contribution in [0.15, 0.2) is 77.9 Å². The van der Waals surface area contributed by atoms with Crippen molar-refractivity contribution in [2.24, 2.45) is 4.99 Å². The van der Waals surface area contributed by atoms with Crippen LogP contribution in [0.1, 0.15) is 46.9 Å². The number of fused-ring (bicyclic) bond motifs is 2. The van der Waals surface area contributed by atoms with Gasteiger partial charge in [0.1, 0.15) is 0 Å². The van der Waals surface area contributed by atoms with Crippen LogP contribution in [-0.2, 0) is 11.3 Å². The van der Waals surface area contributed by atoms with E-state index in [9.17, 15) is 9.90 Å². The van der Waals surface area contributed by atoms with Gasteiger partial charge in [-0.3, -0.25) is 0 Å². The number of carbonyl (C=O) groups excluding carboxylic acids is 1. The first kappa shape index (κ1) is 25.3. The monoisotopic (exact) mass is 508 g/mol. The molecule has 0 aliphatic carbocycles. The summed E-state index contributed by atoms with van der Waals surface area (Å²) in [7, 11) is 5.49. The Morgan fingerprint density at radius 2 is 1.79 bits per heavy atom. The third kappa shape index (κ3) is 4.68. The fourth-order valence-corrected chi connectivity index (χ4v) is 4.93. The highest BCUT2D eigenvalue weighted by molar-refractivity contribution is 6.22. The number of methoxy groups -OCH3 is 1. The van der Waals surface area contributed by atoms with Gasteiger partial charge in [0.15, 0.2) is 5.88 Å². The summed E-state index contributed by atoms with van der Waals surface area (Å²) in [6, 6.07) is 21.6. The van der Waals surface area contributed by atoms with E-state index in [1.54, 1.807) is 12.1 Å². The fourth-order valence-electron chi connectivity index (χ4n) is 4.93. The summed E-state index contributed by atoms with van der Waals surface area (Å²) in [5.74, 6) is -0.445. The number of hydrogen-bond donors (Lipinski definition) is 2. The summed E-state index contributed by atoms with van der Waals surface area (Å²) in [6.07, 6.45) is 2.23. The number of H-pyrrole nitrogens is 1. The van der Waals surface area contributed by atoms with E-state index in [1.165, 1.54) is 18.2 Å². The molecule has 0 spiro atoms. The zero-order valence-corrected chi connectivity index (χ0v) is 22.3. The average molecular weight is 509 g/mol. The highest BCUT2D eigenvalue weighted by Gasteiger charge is 2.20. The van der Waals surface area contributed by atoms with Gasteiger partial charge < -0.3 is 24.3 Å². The largest absolute Gasteiger partial charge is 0.494 e. The second-order valence-corrected chi connectivity index (χ2v) is 10.0. The Morgan fingerprint density at radius 1 is 1.03 bits per heavy atom. The van der Waals surface area contributed by atoms with Crippen molar-refractivity contribution < 1.29 is 14.6 Å². The van der Waals surface area contributed by atoms with Gasteiger partial charge in [0.25, 0.3) is 0 Å². The number of benzene rings is 3. The minimum atomic E-state index is -0.436. The summed E-state index contributed by atoms with van der Waals surface area (Å²) in [5.41, 5.74) is 6.31. The van der Waals surface area contributed by atoms with Gasteiger partial charge in [-0.2, -0.15) is 0 Å². The topological polar surface area (TPSA) is 82.8 Å². The Hall–Kier alpha value is -4.36. The molecule has 5 aromatic rings. The molecule has 0 radical (unpaired) electrons. The van der Waals surface area contributed by atoms with Crippen LogP contribution in [0.5, 0.6) is 5.88 Å². The number of carbonyl (C=O) groups is 1. The number of aliphatic imine (C=N–C) groups is 1. The number of aromatic nitrogens is 2. The maximum atomic E-state index is 12.1. The first-order valence-electron chi connectivity index (χ1n) is 12.6. The maximum absolute atomic E-state index is 12.1. The van der Waals surface area contributed by atoms with Gasteiger partial charge in [-0.1, -0.05) is 36.4 Å². The third-order valence-corrected chi connectivity index (χ3v) is 6.67. The van der Waals surface area contributed by atoms with Crippen LogP contribution in [0.3, 0.4) is 0 Å². The average Bonchev–Trinajstić information content (AvgIpc) is 3.43. The number of nitrogens with zero attached hydrogens (tertiary/aromatic N) is 3. The Morgan fingerprint density at radius 3 is 2.47 bits per heavy atom. The number of aromatic hydroxyl groups is 1. The summed E-state index contributed by atoms with van der Waals surface area (Å²) < 4.78 is 7.16. The summed E-state index contributed by atoms with van der Waals surface area (Å²) in [5, 5.41) is 13.0. The van der Waals surface area contributed by atoms with Crippen molar-refractivity contribution in [3.05, 3.63) is 95.2 Å². The Labute approximate surface area is 222 Å². The van der Waals surface area contributed by atoms with Crippen molar-refractivity contribution in [3.8, 4) is 5.88 Å². The van der Waals surface area contributed by atoms with Gasteiger partial charge in [-0.25, -0.2) is 9.79 Å². The van der Waals surface area contributed by atoms with Crippen molar-refractivity contribution in [1.82, 2.24) is 14.5 Å². The lowest BCUT2D eigenvalue weighted by Crippen LogP contribution is -2.10. The summed E-state index contributed by atoms with van der Waals surface area (Å²) in [6.45, 7) is 5.19. The molecule has 0 fully saturated rings. The van der Waals surface area contributed by atoms with Crippen LogP contribution >= 0.6 is 0 Å². The minimum absolute atomic E-state index is 0.00930.